The average molecular weight is 470 g/mol. The number of carbonyl (C=O) groups is 2. The van der Waals surface area contributed by atoms with Crippen LogP contribution >= 0.6 is 27.5 Å². The summed E-state index contributed by atoms with van der Waals surface area (Å²) in [6.07, 6.45) is 0. The Kier molecular flexibility index (Phi) is 6.69. The summed E-state index contributed by atoms with van der Waals surface area (Å²) in [6.45, 7) is 1.69. The van der Waals surface area contributed by atoms with Crippen molar-refractivity contribution >= 4 is 39.4 Å². The van der Waals surface area contributed by atoms with Crippen molar-refractivity contribution in [1.29, 1.82) is 0 Å². The fraction of sp³-hybridized carbons (Fsp3) is 0.300. The van der Waals surface area contributed by atoms with Gasteiger partial charge in [-0.2, -0.15) is 0 Å². The molecule has 148 valence electrons. The van der Waals surface area contributed by atoms with E-state index in [-0.39, 0.29) is 17.4 Å². The second-order valence-electron chi connectivity index (χ2n) is 6.43. The molecule has 0 unspecified atom stereocenters. The van der Waals surface area contributed by atoms with Gasteiger partial charge in [0.15, 0.2) is 0 Å². The van der Waals surface area contributed by atoms with Crippen molar-refractivity contribution in [3.05, 3.63) is 68.9 Å². The molecule has 1 fully saturated rings. The Balaban J connectivity index is 1.73. The standard InChI is InChI=1S/C20H19BrClFN2O3/c1-28-20(27)18(13-2-5-15(22)6-3-13)24-8-10-25(11-9-24)19(26)16-12-14(21)4-7-17(16)23/h2-7,12,18H,8-11H2,1H3/t18-/m0/s1. The summed E-state index contributed by atoms with van der Waals surface area (Å²) in [7, 11) is 1.35. The predicted molar refractivity (Wildman–Crippen MR) is 108 cm³/mol. The minimum Gasteiger partial charge on any atom is -0.468 e. The zero-order valence-corrected chi connectivity index (χ0v) is 17.5. The van der Waals surface area contributed by atoms with E-state index in [1.165, 1.54) is 19.2 Å². The summed E-state index contributed by atoms with van der Waals surface area (Å²) >= 11 is 9.21. The van der Waals surface area contributed by atoms with Gasteiger partial charge in [0.2, 0.25) is 0 Å². The van der Waals surface area contributed by atoms with Crippen LogP contribution in [0.2, 0.25) is 5.02 Å². The number of piperazine rings is 1. The van der Waals surface area contributed by atoms with Crippen molar-refractivity contribution in [2.24, 2.45) is 0 Å². The molecule has 1 aliphatic rings. The zero-order chi connectivity index (χ0) is 20.3. The minimum absolute atomic E-state index is 0.0324. The highest BCUT2D eigenvalue weighted by Gasteiger charge is 2.33. The molecule has 0 spiro atoms. The number of amides is 1. The molecule has 0 aromatic heterocycles. The number of methoxy groups -OCH3 is 1. The van der Waals surface area contributed by atoms with Crippen molar-refractivity contribution in [2.75, 3.05) is 33.3 Å². The number of carbonyl (C=O) groups excluding carboxylic acids is 2. The van der Waals surface area contributed by atoms with Crippen molar-refractivity contribution in [3.8, 4) is 0 Å². The van der Waals surface area contributed by atoms with E-state index in [1.807, 2.05) is 4.90 Å². The summed E-state index contributed by atoms with van der Waals surface area (Å²) in [5.41, 5.74) is 0.805. The quantitative estimate of drug-likeness (QED) is 0.637. The van der Waals surface area contributed by atoms with Gasteiger partial charge in [-0.15, -0.1) is 0 Å². The van der Waals surface area contributed by atoms with Crippen LogP contribution in [0.25, 0.3) is 0 Å². The monoisotopic (exact) mass is 468 g/mol. The molecule has 0 radical (unpaired) electrons. The molecule has 1 amide bonds. The summed E-state index contributed by atoms with van der Waals surface area (Å²) in [5.74, 6) is -1.29. The first-order chi connectivity index (χ1) is 13.4. The number of hydrogen-bond donors (Lipinski definition) is 0. The fourth-order valence-corrected chi connectivity index (χ4v) is 3.75. The van der Waals surface area contributed by atoms with E-state index in [0.29, 0.717) is 35.7 Å². The van der Waals surface area contributed by atoms with Crippen LogP contribution in [0, 0.1) is 5.82 Å². The summed E-state index contributed by atoms with van der Waals surface area (Å²) in [5, 5.41) is 0.582. The molecule has 28 heavy (non-hydrogen) atoms. The molecule has 0 aliphatic carbocycles. The van der Waals surface area contributed by atoms with Crippen LogP contribution in [0.1, 0.15) is 22.0 Å². The number of ether oxygens (including phenoxy) is 1. The van der Waals surface area contributed by atoms with Crippen LogP contribution in [-0.4, -0.2) is 55.0 Å². The second-order valence-corrected chi connectivity index (χ2v) is 7.78. The van der Waals surface area contributed by atoms with Crippen LogP contribution in [0.15, 0.2) is 46.9 Å². The fourth-order valence-electron chi connectivity index (χ4n) is 3.27. The minimum atomic E-state index is -0.581. The van der Waals surface area contributed by atoms with Crippen molar-refractivity contribution in [1.82, 2.24) is 9.80 Å². The average Bonchev–Trinajstić information content (AvgIpc) is 2.71. The smallest absolute Gasteiger partial charge is 0.327 e. The highest BCUT2D eigenvalue weighted by atomic mass is 79.9. The number of esters is 1. The molecule has 0 saturated carbocycles. The van der Waals surface area contributed by atoms with Gasteiger partial charge in [-0.05, 0) is 35.9 Å². The predicted octanol–water partition coefficient (Wildman–Crippen LogP) is 3.91. The van der Waals surface area contributed by atoms with E-state index >= 15 is 0 Å². The molecule has 1 atom stereocenters. The van der Waals surface area contributed by atoms with Crippen LogP contribution < -0.4 is 0 Å². The van der Waals surface area contributed by atoms with E-state index in [2.05, 4.69) is 15.9 Å². The Morgan fingerprint density at radius 1 is 1.11 bits per heavy atom. The Labute approximate surface area is 176 Å². The maximum Gasteiger partial charge on any atom is 0.327 e. The molecule has 1 heterocycles. The topological polar surface area (TPSA) is 49.9 Å². The molecule has 5 nitrogen and oxygen atoms in total. The first-order valence-electron chi connectivity index (χ1n) is 8.72. The summed E-state index contributed by atoms with van der Waals surface area (Å²) in [6, 6.07) is 10.7. The lowest BCUT2D eigenvalue weighted by atomic mass is 10.0. The molecule has 2 aromatic carbocycles. The van der Waals surface area contributed by atoms with Crippen LogP contribution in [-0.2, 0) is 9.53 Å². The maximum absolute atomic E-state index is 14.0. The maximum atomic E-state index is 14.0. The van der Waals surface area contributed by atoms with Gasteiger partial charge in [-0.25, -0.2) is 9.18 Å². The van der Waals surface area contributed by atoms with E-state index in [9.17, 15) is 14.0 Å². The third-order valence-corrected chi connectivity index (χ3v) is 5.48. The first kappa shape index (κ1) is 20.8. The molecule has 3 rings (SSSR count). The normalized spacial score (nSPS) is 15.9. The van der Waals surface area contributed by atoms with E-state index in [4.69, 9.17) is 16.3 Å². The molecule has 2 aromatic rings. The molecule has 0 bridgehead atoms. The van der Waals surface area contributed by atoms with Crippen molar-refractivity contribution in [3.63, 3.8) is 0 Å². The number of hydrogen-bond acceptors (Lipinski definition) is 4. The van der Waals surface area contributed by atoms with E-state index < -0.39 is 11.9 Å². The number of benzene rings is 2. The highest BCUT2D eigenvalue weighted by Crippen LogP contribution is 2.26. The second kappa shape index (κ2) is 9.03. The van der Waals surface area contributed by atoms with Gasteiger partial charge in [-0.1, -0.05) is 39.7 Å². The van der Waals surface area contributed by atoms with Gasteiger partial charge in [-0.3, -0.25) is 9.69 Å². The van der Waals surface area contributed by atoms with Crippen molar-refractivity contribution in [2.45, 2.75) is 6.04 Å². The molecular weight excluding hydrogens is 451 g/mol. The lowest BCUT2D eigenvalue weighted by molar-refractivity contribution is -0.148. The first-order valence-corrected chi connectivity index (χ1v) is 9.89. The van der Waals surface area contributed by atoms with Gasteiger partial charge in [0.05, 0.1) is 12.7 Å². The van der Waals surface area contributed by atoms with Crippen LogP contribution in [0.3, 0.4) is 0 Å². The third-order valence-electron chi connectivity index (χ3n) is 4.74. The lowest BCUT2D eigenvalue weighted by Crippen LogP contribution is -2.51. The Morgan fingerprint density at radius 3 is 2.36 bits per heavy atom. The third kappa shape index (κ3) is 4.54. The van der Waals surface area contributed by atoms with Gasteiger partial charge in [0, 0.05) is 35.7 Å². The summed E-state index contributed by atoms with van der Waals surface area (Å²) in [4.78, 5) is 28.6. The largest absolute Gasteiger partial charge is 0.468 e. The summed E-state index contributed by atoms with van der Waals surface area (Å²) < 4.78 is 19.7. The Bertz CT molecular complexity index is 870. The zero-order valence-electron chi connectivity index (χ0n) is 15.2. The van der Waals surface area contributed by atoms with Crippen LogP contribution in [0.4, 0.5) is 4.39 Å². The molecule has 8 heteroatoms. The molecular formula is C20H19BrClFN2O3. The molecule has 1 saturated heterocycles. The number of rotatable bonds is 4. The highest BCUT2D eigenvalue weighted by molar-refractivity contribution is 9.10. The Hall–Kier alpha value is -1.96. The SMILES string of the molecule is COC(=O)[C@H](c1ccc(Cl)cc1)N1CCN(C(=O)c2cc(Br)ccc2F)CC1. The lowest BCUT2D eigenvalue weighted by Gasteiger charge is -2.38. The van der Waals surface area contributed by atoms with Crippen molar-refractivity contribution < 1.29 is 18.7 Å². The van der Waals surface area contributed by atoms with Gasteiger partial charge >= 0.3 is 5.97 Å². The molecule has 0 N–H and O–H groups in total. The molecule has 1 aliphatic heterocycles. The number of halogens is 3. The van der Waals surface area contributed by atoms with Gasteiger partial charge < -0.3 is 9.64 Å². The Morgan fingerprint density at radius 2 is 1.75 bits per heavy atom. The van der Waals surface area contributed by atoms with Crippen LogP contribution in [0.5, 0.6) is 0 Å². The van der Waals surface area contributed by atoms with Gasteiger partial charge in [0.25, 0.3) is 5.91 Å². The number of nitrogens with zero attached hydrogens (tertiary/aromatic N) is 2. The van der Waals surface area contributed by atoms with E-state index in [0.717, 1.165) is 5.56 Å². The van der Waals surface area contributed by atoms with E-state index in [1.54, 1.807) is 35.2 Å². The van der Waals surface area contributed by atoms with Gasteiger partial charge in [0.1, 0.15) is 11.9 Å².